The quantitative estimate of drug-likeness (QED) is 0.462. The number of halogens is 1. The smallest absolute Gasteiger partial charge is 0.329 e. The van der Waals surface area contributed by atoms with Gasteiger partial charge in [0.15, 0.2) is 0 Å². The highest BCUT2D eigenvalue weighted by molar-refractivity contribution is 8.00. The van der Waals surface area contributed by atoms with Gasteiger partial charge in [0.2, 0.25) is 0 Å². The maximum absolute atomic E-state index is 13.2. The molecule has 0 saturated carbocycles. The van der Waals surface area contributed by atoms with Crippen molar-refractivity contribution in [2.75, 3.05) is 12.4 Å². The SMILES string of the molecule is CCCCCC1SCC(C(=O)OCCCC)N1C(=O)c1ccc(F)cc1. The van der Waals surface area contributed by atoms with Crippen molar-refractivity contribution in [3.05, 3.63) is 35.6 Å². The maximum Gasteiger partial charge on any atom is 0.329 e. The van der Waals surface area contributed by atoms with Crippen LogP contribution < -0.4 is 0 Å². The largest absolute Gasteiger partial charge is 0.464 e. The van der Waals surface area contributed by atoms with E-state index in [9.17, 15) is 14.0 Å². The Kier molecular flexibility index (Phi) is 8.42. The Morgan fingerprint density at radius 3 is 2.50 bits per heavy atom. The number of hydrogen-bond acceptors (Lipinski definition) is 4. The van der Waals surface area contributed by atoms with E-state index in [2.05, 4.69) is 6.92 Å². The number of amides is 1. The highest BCUT2D eigenvalue weighted by Crippen LogP contribution is 2.34. The molecular formula is C20H28FNO3S. The average molecular weight is 382 g/mol. The average Bonchev–Trinajstić information content (AvgIpc) is 3.06. The normalized spacial score (nSPS) is 19.6. The Morgan fingerprint density at radius 1 is 1.15 bits per heavy atom. The van der Waals surface area contributed by atoms with Gasteiger partial charge in [0.1, 0.15) is 11.9 Å². The topological polar surface area (TPSA) is 46.6 Å². The van der Waals surface area contributed by atoms with Crippen molar-refractivity contribution in [3.8, 4) is 0 Å². The Morgan fingerprint density at radius 2 is 1.85 bits per heavy atom. The van der Waals surface area contributed by atoms with Crippen LogP contribution >= 0.6 is 11.8 Å². The van der Waals surface area contributed by atoms with Gasteiger partial charge < -0.3 is 9.64 Å². The molecule has 1 heterocycles. The van der Waals surface area contributed by atoms with Gasteiger partial charge in [-0.3, -0.25) is 4.79 Å². The summed E-state index contributed by atoms with van der Waals surface area (Å²) in [6.45, 7) is 4.56. The summed E-state index contributed by atoms with van der Waals surface area (Å²) in [5.41, 5.74) is 0.403. The first kappa shape index (κ1) is 20.7. The molecule has 1 fully saturated rings. The first-order valence-corrected chi connectivity index (χ1v) is 10.5. The number of esters is 1. The molecule has 144 valence electrons. The zero-order chi connectivity index (χ0) is 18.9. The highest BCUT2D eigenvalue weighted by Gasteiger charge is 2.42. The number of carbonyl (C=O) groups is 2. The third-order valence-corrected chi connectivity index (χ3v) is 5.84. The van der Waals surface area contributed by atoms with Crippen LogP contribution in [0.2, 0.25) is 0 Å². The molecule has 2 unspecified atom stereocenters. The molecule has 0 aromatic heterocycles. The van der Waals surface area contributed by atoms with Gasteiger partial charge in [0, 0.05) is 11.3 Å². The van der Waals surface area contributed by atoms with Gasteiger partial charge >= 0.3 is 5.97 Å². The van der Waals surface area contributed by atoms with E-state index >= 15 is 0 Å². The van der Waals surface area contributed by atoms with Crippen LogP contribution in [0.4, 0.5) is 4.39 Å². The second-order valence-corrected chi connectivity index (χ2v) is 7.75. The first-order valence-electron chi connectivity index (χ1n) is 9.45. The number of thioether (sulfide) groups is 1. The molecule has 4 nitrogen and oxygen atoms in total. The summed E-state index contributed by atoms with van der Waals surface area (Å²) in [5, 5.41) is -0.0390. The number of benzene rings is 1. The minimum Gasteiger partial charge on any atom is -0.464 e. The second kappa shape index (κ2) is 10.6. The molecular weight excluding hydrogens is 353 g/mol. The summed E-state index contributed by atoms with van der Waals surface area (Å²) in [6.07, 6.45) is 5.83. The van der Waals surface area contributed by atoms with Crippen LogP contribution in [0.15, 0.2) is 24.3 Å². The van der Waals surface area contributed by atoms with Gasteiger partial charge in [-0.05, 0) is 37.1 Å². The summed E-state index contributed by atoms with van der Waals surface area (Å²) in [7, 11) is 0. The summed E-state index contributed by atoms with van der Waals surface area (Å²) in [4.78, 5) is 27.2. The van der Waals surface area contributed by atoms with E-state index in [-0.39, 0.29) is 23.1 Å². The number of nitrogens with zero attached hydrogens (tertiary/aromatic N) is 1. The van der Waals surface area contributed by atoms with E-state index in [0.717, 1.165) is 38.5 Å². The first-order chi connectivity index (χ1) is 12.6. The van der Waals surface area contributed by atoms with Gasteiger partial charge in [-0.2, -0.15) is 0 Å². The molecule has 26 heavy (non-hydrogen) atoms. The maximum atomic E-state index is 13.2. The van der Waals surface area contributed by atoms with Crippen LogP contribution in [0.5, 0.6) is 0 Å². The molecule has 1 aliphatic rings. The van der Waals surface area contributed by atoms with E-state index in [1.165, 1.54) is 24.3 Å². The fourth-order valence-corrected chi connectivity index (χ4v) is 4.40. The molecule has 2 rings (SSSR count). The molecule has 0 N–H and O–H groups in total. The molecule has 0 spiro atoms. The van der Waals surface area contributed by atoms with Gasteiger partial charge in [-0.15, -0.1) is 11.8 Å². The number of hydrogen-bond donors (Lipinski definition) is 0. The molecule has 1 amide bonds. The summed E-state index contributed by atoms with van der Waals surface area (Å²) < 4.78 is 18.6. The summed E-state index contributed by atoms with van der Waals surface area (Å²) in [6, 6.07) is 4.93. The third-order valence-electron chi connectivity index (χ3n) is 4.49. The Bertz CT molecular complexity index is 593. The van der Waals surface area contributed by atoms with Crippen molar-refractivity contribution in [2.24, 2.45) is 0 Å². The van der Waals surface area contributed by atoms with Crippen molar-refractivity contribution in [2.45, 2.75) is 63.8 Å². The third kappa shape index (κ3) is 5.47. The van der Waals surface area contributed by atoms with Gasteiger partial charge in [0.05, 0.1) is 12.0 Å². The van der Waals surface area contributed by atoms with E-state index < -0.39 is 6.04 Å². The number of rotatable bonds is 9. The van der Waals surface area contributed by atoms with E-state index in [4.69, 9.17) is 4.74 Å². The lowest BCUT2D eigenvalue weighted by Gasteiger charge is -2.28. The van der Waals surface area contributed by atoms with E-state index in [1.807, 2.05) is 6.92 Å². The molecule has 1 saturated heterocycles. The van der Waals surface area contributed by atoms with Gasteiger partial charge in [0.25, 0.3) is 5.91 Å². The van der Waals surface area contributed by atoms with Crippen molar-refractivity contribution in [3.63, 3.8) is 0 Å². The van der Waals surface area contributed by atoms with Crippen LogP contribution in [-0.4, -0.2) is 40.6 Å². The van der Waals surface area contributed by atoms with Crippen molar-refractivity contribution < 1.29 is 18.7 Å². The van der Waals surface area contributed by atoms with Crippen molar-refractivity contribution in [1.29, 1.82) is 0 Å². The predicted molar refractivity (Wildman–Crippen MR) is 103 cm³/mol. The minimum atomic E-state index is -0.568. The standard InChI is InChI=1S/C20H28FNO3S/c1-3-5-7-8-18-22(19(23)15-9-11-16(21)12-10-15)17(14-26-18)20(24)25-13-6-4-2/h9-12,17-18H,3-8,13-14H2,1-2H3. The monoisotopic (exact) mass is 381 g/mol. The molecule has 0 aliphatic carbocycles. The zero-order valence-corrected chi connectivity index (χ0v) is 16.4. The lowest BCUT2D eigenvalue weighted by Crippen LogP contribution is -2.46. The Hall–Kier alpha value is -1.56. The molecule has 1 aliphatic heterocycles. The van der Waals surface area contributed by atoms with E-state index in [0.29, 0.717) is 17.9 Å². The van der Waals surface area contributed by atoms with Crippen LogP contribution in [0.3, 0.4) is 0 Å². The second-order valence-electron chi connectivity index (χ2n) is 6.54. The van der Waals surface area contributed by atoms with Gasteiger partial charge in [-0.25, -0.2) is 9.18 Å². The summed E-state index contributed by atoms with van der Waals surface area (Å²) in [5.74, 6) is -0.394. The molecule has 0 radical (unpaired) electrons. The Labute approximate surface area is 159 Å². The Balaban J connectivity index is 2.14. The lowest BCUT2D eigenvalue weighted by molar-refractivity contribution is -0.148. The molecule has 1 aromatic rings. The zero-order valence-electron chi connectivity index (χ0n) is 15.6. The number of carbonyl (C=O) groups excluding carboxylic acids is 2. The molecule has 1 aromatic carbocycles. The minimum absolute atomic E-state index is 0.0390. The van der Waals surface area contributed by atoms with Crippen LogP contribution in [0.1, 0.15) is 62.7 Å². The number of unbranched alkanes of at least 4 members (excludes halogenated alkanes) is 3. The number of ether oxygens (including phenoxy) is 1. The van der Waals surface area contributed by atoms with Crippen LogP contribution in [0.25, 0.3) is 0 Å². The van der Waals surface area contributed by atoms with Gasteiger partial charge in [-0.1, -0.05) is 39.5 Å². The molecule has 0 bridgehead atoms. The van der Waals surface area contributed by atoms with E-state index in [1.54, 1.807) is 16.7 Å². The van der Waals surface area contributed by atoms with Crippen LogP contribution in [-0.2, 0) is 9.53 Å². The summed E-state index contributed by atoms with van der Waals surface area (Å²) >= 11 is 1.63. The fraction of sp³-hybridized carbons (Fsp3) is 0.600. The lowest BCUT2D eigenvalue weighted by atomic mass is 10.1. The molecule has 2 atom stereocenters. The fourth-order valence-electron chi connectivity index (χ4n) is 2.96. The van der Waals surface area contributed by atoms with Crippen LogP contribution in [0, 0.1) is 5.82 Å². The molecule has 6 heteroatoms. The predicted octanol–water partition coefficient (Wildman–Crippen LogP) is 4.63. The highest BCUT2D eigenvalue weighted by atomic mass is 32.2. The van der Waals surface area contributed by atoms with Crippen molar-refractivity contribution in [1.82, 2.24) is 4.90 Å². The van der Waals surface area contributed by atoms with Crippen molar-refractivity contribution >= 4 is 23.6 Å².